The van der Waals surface area contributed by atoms with Crippen LogP contribution in [0.2, 0.25) is 0 Å². The van der Waals surface area contributed by atoms with Crippen molar-refractivity contribution in [1.82, 2.24) is 5.32 Å². The first-order valence-corrected chi connectivity index (χ1v) is 4.63. The van der Waals surface area contributed by atoms with Crippen molar-refractivity contribution < 1.29 is 8.78 Å². The van der Waals surface area contributed by atoms with E-state index in [0.717, 1.165) is 4.88 Å². The van der Waals surface area contributed by atoms with E-state index in [4.69, 9.17) is 0 Å². The summed E-state index contributed by atoms with van der Waals surface area (Å²) < 4.78 is 23.6. The van der Waals surface area contributed by atoms with Crippen LogP contribution >= 0.6 is 11.3 Å². The normalized spacial score (nSPS) is 13.7. The first kappa shape index (κ1) is 9.61. The van der Waals surface area contributed by atoms with Gasteiger partial charge in [-0.2, -0.15) is 0 Å². The minimum atomic E-state index is -2.27. The molecule has 0 fully saturated rings. The van der Waals surface area contributed by atoms with E-state index in [0.29, 0.717) is 0 Å². The molecule has 0 aromatic carbocycles. The van der Waals surface area contributed by atoms with Crippen molar-refractivity contribution in [3.63, 3.8) is 0 Å². The quantitative estimate of drug-likeness (QED) is 0.771. The van der Waals surface area contributed by atoms with Crippen LogP contribution in [0.4, 0.5) is 8.78 Å². The van der Waals surface area contributed by atoms with Crippen molar-refractivity contribution in [2.24, 2.45) is 0 Å². The smallest absolute Gasteiger partial charge is 0.250 e. The maximum atomic E-state index is 11.8. The Kier molecular flexibility index (Phi) is 3.62. The van der Waals surface area contributed by atoms with E-state index in [1.54, 1.807) is 11.3 Å². The van der Waals surface area contributed by atoms with Gasteiger partial charge in [-0.3, -0.25) is 0 Å². The van der Waals surface area contributed by atoms with Crippen molar-refractivity contribution in [3.05, 3.63) is 22.4 Å². The Bertz CT molecular complexity index is 211. The van der Waals surface area contributed by atoms with Gasteiger partial charge in [-0.05, 0) is 18.4 Å². The minimum absolute atomic E-state index is 0.0269. The average molecular weight is 191 g/mol. The number of thiophene rings is 1. The Morgan fingerprint density at radius 3 is 2.83 bits per heavy atom. The van der Waals surface area contributed by atoms with E-state index in [9.17, 15) is 8.78 Å². The number of hydrogen-bond donors (Lipinski definition) is 1. The molecular formula is C8H11F2NS. The lowest BCUT2D eigenvalue weighted by Crippen LogP contribution is -2.23. The molecule has 0 radical (unpaired) electrons. The molecule has 0 aliphatic rings. The van der Waals surface area contributed by atoms with E-state index in [-0.39, 0.29) is 12.6 Å². The van der Waals surface area contributed by atoms with Gasteiger partial charge in [-0.15, -0.1) is 11.3 Å². The van der Waals surface area contributed by atoms with Gasteiger partial charge in [0.2, 0.25) is 0 Å². The molecule has 1 rings (SSSR count). The Morgan fingerprint density at radius 1 is 1.58 bits per heavy atom. The summed E-state index contributed by atoms with van der Waals surface area (Å²) in [5, 5.41) is 4.69. The molecule has 1 N–H and O–H groups in total. The highest BCUT2D eigenvalue weighted by Gasteiger charge is 2.08. The van der Waals surface area contributed by atoms with E-state index in [2.05, 4.69) is 5.32 Å². The highest BCUT2D eigenvalue weighted by Crippen LogP contribution is 2.17. The van der Waals surface area contributed by atoms with Gasteiger partial charge in [0, 0.05) is 10.9 Å². The van der Waals surface area contributed by atoms with Gasteiger partial charge >= 0.3 is 0 Å². The fourth-order valence-electron chi connectivity index (χ4n) is 0.904. The van der Waals surface area contributed by atoms with Crippen molar-refractivity contribution in [2.45, 2.75) is 19.4 Å². The summed E-state index contributed by atoms with van der Waals surface area (Å²) in [7, 11) is 0. The number of halogens is 2. The lowest BCUT2D eigenvalue weighted by Gasteiger charge is -2.10. The molecule has 0 saturated heterocycles. The summed E-state index contributed by atoms with van der Waals surface area (Å²) in [6.07, 6.45) is -2.27. The van der Waals surface area contributed by atoms with Crippen LogP contribution < -0.4 is 5.32 Å². The van der Waals surface area contributed by atoms with Crippen LogP contribution in [0.15, 0.2) is 17.5 Å². The minimum Gasteiger partial charge on any atom is -0.304 e. The van der Waals surface area contributed by atoms with Gasteiger partial charge < -0.3 is 5.32 Å². The highest BCUT2D eigenvalue weighted by molar-refractivity contribution is 7.10. The average Bonchev–Trinajstić information content (AvgIpc) is 2.51. The fraction of sp³-hybridized carbons (Fsp3) is 0.500. The molecule has 0 aliphatic carbocycles. The van der Waals surface area contributed by atoms with E-state index in [1.807, 2.05) is 24.4 Å². The standard InChI is InChI=1S/C8H11F2NS/c1-6(11-5-8(9)10)7-3-2-4-12-7/h2-4,6,8,11H,5H2,1H3/t6-/m1/s1. The van der Waals surface area contributed by atoms with Crippen LogP contribution in [-0.4, -0.2) is 13.0 Å². The van der Waals surface area contributed by atoms with Crippen molar-refractivity contribution in [1.29, 1.82) is 0 Å². The van der Waals surface area contributed by atoms with Gasteiger partial charge in [-0.1, -0.05) is 6.07 Å². The van der Waals surface area contributed by atoms with Gasteiger partial charge in [0.15, 0.2) is 0 Å². The number of nitrogens with one attached hydrogen (secondary N) is 1. The molecule has 1 nitrogen and oxygen atoms in total. The van der Waals surface area contributed by atoms with Gasteiger partial charge in [0.05, 0.1) is 6.54 Å². The Balaban J connectivity index is 2.34. The highest BCUT2D eigenvalue weighted by atomic mass is 32.1. The zero-order valence-corrected chi connectivity index (χ0v) is 7.57. The molecular weight excluding hydrogens is 180 g/mol. The second-order valence-corrected chi connectivity index (χ2v) is 3.52. The van der Waals surface area contributed by atoms with Crippen LogP contribution in [0.5, 0.6) is 0 Å². The van der Waals surface area contributed by atoms with E-state index >= 15 is 0 Å². The molecule has 1 heterocycles. The molecule has 12 heavy (non-hydrogen) atoms. The summed E-state index contributed by atoms with van der Waals surface area (Å²) >= 11 is 1.58. The SMILES string of the molecule is C[C@@H](NCC(F)F)c1cccs1. The zero-order chi connectivity index (χ0) is 8.97. The summed E-state index contributed by atoms with van der Waals surface area (Å²) in [6, 6.07) is 3.88. The molecule has 0 spiro atoms. The van der Waals surface area contributed by atoms with Gasteiger partial charge in [0.25, 0.3) is 6.43 Å². The molecule has 4 heteroatoms. The third-order valence-electron chi connectivity index (χ3n) is 1.55. The summed E-state index contributed by atoms with van der Waals surface area (Å²) in [5.41, 5.74) is 0. The first-order valence-electron chi connectivity index (χ1n) is 3.75. The van der Waals surface area contributed by atoms with Crippen molar-refractivity contribution in [3.8, 4) is 0 Å². The van der Waals surface area contributed by atoms with E-state index < -0.39 is 6.43 Å². The maximum absolute atomic E-state index is 11.8. The van der Waals surface area contributed by atoms with Crippen molar-refractivity contribution >= 4 is 11.3 Å². The van der Waals surface area contributed by atoms with E-state index in [1.165, 1.54) is 0 Å². The second-order valence-electron chi connectivity index (χ2n) is 2.54. The van der Waals surface area contributed by atoms with Crippen LogP contribution in [0.1, 0.15) is 17.8 Å². The predicted molar refractivity (Wildman–Crippen MR) is 46.7 cm³/mol. The van der Waals surface area contributed by atoms with Crippen LogP contribution in [0.3, 0.4) is 0 Å². The molecule has 0 amide bonds. The molecule has 1 aromatic heterocycles. The Hall–Kier alpha value is -0.480. The van der Waals surface area contributed by atoms with Gasteiger partial charge in [0.1, 0.15) is 0 Å². The molecule has 0 saturated carbocycles. The summed E-state index contributed by atoms with van der Waals surface area (Å²) in [5.74, 6) is 0. The maximum Gasteiger partial charge on any atom is 0.250 e. The lowest BCUT2D eigenvalue weighted by atomic mass is 10.3. The largest absolute Gasteiger partial charge is 0.304 e. The fourth-order valence-corrected chi connectivity index (χ4v) is 1.66. The van der Waals surface area contributed by atoms with Crippen molar-refractivity contribution in [2.75, 3.05) is 6.54 Å². The van der Waals surface area contributed by atoms with Crippen LogP contribution in [0, 0.1) is 0 Å². The molecule has 68 valence electrons. The predicted octanol–water partition coefficient (Wildman–Crippen LogP) is 2.66. The first-order chi connectivity index (χ1) is 5.70. The summed E-state index contributed by atoms with van der Waals surface area (Å²) in [4.78, 5) is 1.09. The number of hydrogen-bond acceptors (Lipinski definition) is 2. The number of alkyl halides is 2. The van der Waals surface area contributed by atoms with Crippen LogP contribution in [0.25, 0.3) is 0 Å². The number of rotatable bonds is 4. The topological polar surface area (TPSA) is 12.0 Å². The zero-order valence-electron chi connectivity index (χ0n) is 6.76. The molecule has 0 unspecified atom stereocenters. The Morgan fingerprint density at radius 2 is 2.33 bits per heavy atom. The molecule has 0 aliphatic heterocycles. The second kappa shape index (κ2) is 4.52. The monoisotopic (exact) mass is 191 g/mol. The lowest BCUT2D eigenvalue weighted by molar-refractivity contribution is 0.142. The molecule has 1 aromatic rings. The molecule has 1 atom stereocenters. The molecule has 0 bridgehead atoms. The van der Waals surface area contributed by atoms with Gasteiger partial charge in [-0.25, -0.2) is 8.78 Å². The third kappa shape index (κ3) is 2.87. The Labute approximate surface area is 74.4 Å². The third-order valence-corrected chi connectivity index (χ3v) is 2.60. The van der Waals surface area contributed by atoms with Crippen LogP contribution in [-0.2, 0) is 0 Å². The summed E-state index contributed by atoms with van der Waals surface area (Å²) in [6.45, 7) is 1.65.